The minimum absolute atomic E-state index is 0.0300. The van der Waals surface area contributed by atoms with Gasteiger partial charge in [-0.05, 0) is 82.1 Å². The van der Waals surface area contributed by atoms with Crippen LogP contribution < -0.4 is 14.4 Å². The molecular formula is C30H36ClN3O5S. The van der Waals surface area contributed by atoms with Gasteiger partial charge in [-0.15, -0.1) is 0 Å². The van der Waals surface area contributed by atoms with Crippen LogP contribution in [0, 0.1) is 6.92 Å². The molecule has 0 bridgehead atoms. The second kappa shape index (κ2) is 12.7. The molecule has 0 aromatic heterocycles. The second-order valence-electron chi connectivity index (χ2n) is 10.5. The van der Waals surface area contributed by atoms with E-state index < -0.39 is 34.1 Å². The van der Waals surface area contributed by atoms with Crippen molar-refractivity contribution in [2.45, 2.75) is 57.6 Å². The lowest BCUT2D eigenvalue weighted by atomic mass is 10.1. The van der Waals surface area contributed by atoms with Crippen LogP contribution in [0.2, 0.25) is 5.02 Å². The Morgan fingerprint density at radius 2 is 1.62 bits per heavy atom. The Morgan fingerprint density at radius 1 is 1.00 bits per heavy atom. The molecule has 1 atom stereocenters. The maximum Gasteiger partial charge on any atom is 0.264 e. The van der Waals surface area contributed by atoms with Gasteiger partial charge in [0.05, 0.1) is 17.7 Å². The molecule has 0 fully saturated rings. The number of ether oxygens (including phenoxy) is 1. The smallest absolute Gasteiger partial charge is 0.264 e. The molecule has 0 saturated heterocycles. The van der Waals surface area contributed by atoms with Crippen LogP contribution in [0.5, 0.6) is 5.75 Å². The van der Waals surface area contributed by atoms with Crippen molar-refractivity contribution in [1.82, 2.24) is 10.2 Å². The van der Waals surface area contributed by atoms with Crippen LogP contribution in [-0.4, -0.2) is 50.4 Å². The molecule has 0 saturated carbocycles. The van der Waals surface area contributed by atoms with Crippen LogP contribution in [0.25, 0.3) is 0 Å². The maximum atomic E-state index is 14.0. The maximum absolute atomic E-state index is 14.0. The Balaban J connectivity index is 2.06. The molecule has 10 heteroatoms. The van der Waals surface area contributed by atoms with Crippen molar-refractivity contribution in [1.29, 1.82) is 0 Å². The van der Waals surface area contributed by atoms with Crippen LogP contribution in [0.15, 0.2) is 77.7 Å². The van der Waals surface area contributed by atoms with Gasteiger partial charge in [-0.3, -0.25) is 13.9 Å². The van der Waals surface area contributed by atoms with Crippen LogP contribution in [-0.2, 0) is 26.2 Å². The van der Waals surface area contributed by atoms with Crippen molar-refractivity contribution >= 4 is 39.1 Å². The predicted molar refractivity (Wildman–Crippen MR) is 158 cm³/mol. The highest BCUT2D eigenvalue weighted by molar-refractivity contribution is 7.92. The van der Waals surface area contributed by atoms with Crippen LogP contribution >= 0.6 is 11.6 Å². The molecule has 214 valence electrons. The van der Waals surface area contributed by atoms with Gasteiger partial charge in [-0.25, -0.2) is 8.42 Å². The summed E-state index contributed by atoms with van der Waals surface area (Å²) in [5, 5.41) is 3.24. The first-order valence-corrected chi connectivity index (χ1v) is 14.6. The molecule has 3 aromatic carbocycles. The zero-order valence-electron chi connectivity index (χ0n) is 23.6. The number of hydrogen-bond donors (Lipinski definition) is 1. The largest absolute Gasteiger partial charge is 0.497 e. The molecule has 0 aliphatic rings. The van der Waals surface area contributed by atoms with Gasteiger partial charge in [-0.1, -0.05) is 48.0 Å². The molecule has 0 heterocycles. The van der Waals surface area contributed by atoms with Gasteiger partial charge in [0.1, 0.15) is 18.3 Å². The number of halogens is 1. The number of rotatable bonds is 10. The normalized spacial score (nSPS) is 12.4. The Kier molecular flexibility index (Phi) is 9.87. The summed E-state index contributed by atoms with van der Waals surface area (Å²) in [5.74, 6) is -0.256. The highest BCUT2D eigenvalue weighted by atomic mass is 35.5. The van der Waals surface area contributed by atoms with Crippen LogP contribution in [0.4, 0.5) is 5.69 Å². The number of anilines is 1. The third-order valence-electron chi connectivity index (χ3n) is 6.23. The first-order chi connectivity index (χ1) is 18.7. The number of hydrogen-bond acceptors (Lipinski definition) is 5. The van der Waals surface area contributed by atoms with E-state index in [9.17, 15) is 18.0 Å². The molecule has 0 aliphatic carbocycles. The molecule has 40 heavy (non-hydrogen) atoms. The summed E-state index contributed by atoms with van der Waals surface area (Å²) >= 11 is 6.26. The van der Waals surface area contributed by atoms with Crippen molar-refractivity contribution < 1.29 is 22.7 Å². The van der Waals surface area contributed by atoms with E-state index in [2.05, 4.69) is 5.32 Å². The number of nitrogens with one attached hydrogen (secondary N) is 1. The van der Waals surface area contributed by atoms with E-state index in [1.807, 2.05) is 20.8 Å². The molecule has 1 unspecified atom stereocenters. The van der Waals surface area contributed by atoms with Crippen LogP contribution in [0.1, 0.15) is 38.8 Å². The van der Waals surface area contributed by atoms with Crippen LogP contribution in [0.3, 0.4) is 0 Å². The van der Waals surface area contributed by atoms with Crippen molar-refractivity contribution in [2.75, 3.05) is 18.0 Å². The molecule has 0 spiro atoms. The molecule has 8 nitrogen and oxygen atoms in total. The van der Waals surface area contributed by atoms with Crippen molar-refractivity contribution in [3.8, 4) is 5.75 Å². The van der Waals surface area contributed by atoms with E-state index in [4.69, 9.17) is 16.3 Å². The minimum atomic E-state index is -4.17. The van der Waals surface area contributed by atoms with Crippen molar-refractivity contribution in [2.24, 2.45) is 0 Å². The summed E-state index contributed by atoms with van der Waals surface area (Å²) in [4.78, 5) is 28.6. The lowest BCUT2D eigenvalue weighted by Crippen LogP contribution is -2.54. The predicted octanol–water partition coefficient (Wildman–Crippen LogP) is 5.18. The minimum Gasteiger partial charge on any atom is -0.497 e. The van der Waals surface area contributed by atoms with E-state index >= 15 is 0 Å². The summed E-state index contributed by atoms with van der Waals surface area (Å²) < 4.78 is 34.1. The monoisotopic (exact) mass is 585 g/mol. The highest BCUT2D eigenvalue weighted by Gasteiger charge is 2.34. The summed E-state index contributed by atoms with van der Waals surface area (Å²) in [6.45, 7) is 8.47. The van der Waals surface area contributed by atoms with Gasteiger partial charge in [0, 0.05) is 17.1 Å². The second-order valence-corrected chi connectivity index (χ2v) is 12.8. The Bertz CT molecular complexity index is 1440. The van der Waals surface area contributed by atoms with Gasteiger partial charge in [-0.2, -0.15) is 0 Å². The van der Waals surface area contributed by atoms with E-state index in [1.54, 1.807) is 75.6 Å². The number of benzene rings is 3. The molecule has 0 radical (unpaired) electrons. The lowest BCUT2D eigenvalue weighted by Gasteiger charge is -2.34. The number of methoxy groups -OCH3 is 1. The first kappa shape index (κ1) is 31.0. The SMILES string of the molecule is COc1ccc(CN(C(=O)CN(c2cc(Cl)ccc2C)S(=O)(=O)c2ccccc2)C(C)C(=O)NC(C)(C)C)cc1. The average Bonchev–Trinajstić information content (AvgIpc) is 2.91. The van der Waals surface area contributed by atoms with Crippen molar-refractivity contribution in [3.05, 3.63) is 88.9 Å². The number of sulfonamides is 1. The summed E-state index contributed by atoms with van der Waals surface area (Å²) in [6, 6.07) is 19.0. The average molecular weight is 586 g/mol. The van der Waals surface area contributed by atoms with E-state index in [0.29, 0.717) is 16.3 Å². The van der Waals surface area contributed by atoms with Gasteiger partial charge in [0.25, 0.3) is 10.0 Å². The first-order valence-electron chi connectivity index (χ1n) is 12.8. The Hall–Kier alpha value is -3.56. The molecule has 2 amide bonds. The fourth-order valence-corrected chi connectivity index (χ4v) is 5.73. The third kappa shape index (κ3) is 7.76. The zero-order chi connectivity index (χ0) is 29.7. The number of nitrogens with zero attached hydrogens (tertiary/aromatic N) is 2. The Morgan fingerprint density at radius 3 is 2.20 bits per heavy atom. The zero-order valence-corrected chi connectivity index (χ0v) is 25.2. The van der Waals surface area contributed by atoms with Gasteiger partial charge in [0.15, 0.2) is 0 Å². The Labute approximate surface area is 241 Å². The molecule has 3 rings (SSSR count). The van der Waals surface area contributed by atoms with Gasteiger partial charge in [0.2, 0.25) is 11.8 Å². The number of aryl methyl sites for hydroxylation is 1. The van der Waals surface area contributed by atoms with Gasteiger partial charge >= 0.3 is 0 Å². The van der Waals surface area contributed by atoms with Crippen molar-refractivity contribution in [3.63, 3.8) is 0 Å². The molecule has 0 aliphatic heterocycles. The quantitative estimate of drug-likeness (QED) is 0.353. The molecule has 3 aromatic rings. The lowest BCUT2D eigenvalue weighted by molar-refractivity contribution is -0.140. The number of amides is 2. The fourth-order valence-electron chi connectivity index (χ4n) is 4.07. The topological polar surface area (TPSA) is 96.0 Å². The van der Waals surface area contributed by atoms with E-state index in [0.717, 1.165) is 9.87 Å². The fraction of sp³-hybridized carbons (Fsp3) is 0.333. The van der Waals surface area contributed by atoms with Gasteiger partial charge < -0.3 is 15.0 Å². The third-order valence-corrected chi connectivity index (χ3v) is 8.24. The highest BCUT2D eigenvalue weighted by Crippen LogP contribution is 2.30. The number of carbonyl (C=O) groups is 2. The standard InChI is InChI=1S/C30H36ClN3O5S/c1-21-12-15-24(31)18-27(21)34(40(37,38)26-10-8-7-9-11-26)20-28(35)33(22(2)29(36)32-30(3,4)5)19-23-13-16-25(39-6)17-14-23/h7-18,22H,19-20H2,1-6H3,(H,32,36). The van der Waals surface area contributed by atoms with E-state index in [1.165, 1.54) is 23.1 Å². The summed E-state index contributed by atoms with van der Waals surface area (Å²) in [5.41, 5.74) is 1.12. The molecule has 1 N–H and O–H groups in total. The molecular weight excluding hydrogens is 550 g/mol. The summed E-state index contributed by atoms with van der Waals surface area (Å²) in [7, 11) is -2.61. The summed E-state index contributed by atoms with van der Waals surface area (Å²) in [6.07, 6.45) is 0. The number of carbonyl (C=O) groups excluding carboxylic acids is 2. The van der Waals surface area contributed by atoms with E-state index in [-0.39, 0.29) is 23.0 Å².